The van der Waals surface area contributed by atoms with Gasteiger partial charge in [0, 0.05) is 57.9 Å². The topological polar surface area (TPSA) is 74.6 Å². The predicted octanol–water partition coefficient (Wildman–Crippen LogP) is 1.08. The highest BCUT2D eigenvalue weighted by Gasteiger charge is 2.36. The van der Waals surface area contributed by atoms with Gasteiger partial charge in [0.1, 0.15) is 0 Å². The Morgan fingerprint density at radius 1 is 1.18 bits per heavy atom. The average molecular weight is 382 g/mol. The second-order valence-corrected chi connectivity index (χ2v) is 7.48. The standard InChI is InChI=1S/C20H26N6O2/c1-15-17(5-3-7-21-15)19(27)25-11-9-24(10-12-25)18-6-4-8-26(20(18)28)16-13-22-23(2)14-16/h3,5,7,13-14,18H,4,6,8-12H2,1-2H3/t18-/m0/s1. The molecule has 2 aromatic heterocycles. The highest BCUT2D eigenvalue weighted by atomic mass is 16.2. The number of nitrogens with zero attached hydrogens (tertiary/aromatic N) is 6. The summed E-state index contributed by atoms with van der Waals surface area (Å²) in [4.78, 5) is 36.0. The molecule has 0 spiro atoms. The molecule has 0 aromatic carbocycles. The van der Waals surface area contributed by atoms with Crippen molar-refractivity contribution in [3.8, 4) is 0 Å². The number of carbonyl (C=O) groups excluding carboxylic acids is 2. The Kier molecular flexibility index (Phi) is 5.13. The van der Waals surface area contributed by atoms with E-state index < -0.39 is 0 Å². The van der Waals surface area contributed by atoms with Crippen LogP contribution in [0.4, 0.5) is 5.69 Å². The van der Waals surface area contributed by atoms with Crippen LogP contribution in [-0.4, -0.2) is 75.1 Å². The Bertz CT molecular complexity index is 871. The lowest BCUT2D eigenvalue weighted by Gasteiger charge is -2.42. The lowest BCUT2D eigenvalue weighted by Crippen LogP contribution is -2.58. The third kappa shape index (κ3) is 3.52. The Labute approximate surface area is 164 Å². The van der Waals surface area contributed by atoms with Crippen molar-refractivity contribution in [2.24, 2.45) is 7.05 Å². The van der Waals surface area contributed by atoms with E-state index in [-0.39, 0.29) is 17.9 Å². The van der Waals surface area contributed by atoms with Gasteiger partial charge in [-0.2, -0.15) is 5.10 Å². The van der Waals surface area contributed by atoms with Crippen LogP contribution in [0.1, 0.15) is 28.9 Å². The molecule has 0 N–H and O–H groups in total. The highest BCUT2D eigenvalue weighted by Crippen LogP contribution is 2.24. The largest absolute Gasteiger partial charge is 0.336 e. The number of rotatable bonds is 3. The van der Waals surface area contributed by atoms with Crippen molar-refractivity contribution >= 4 is 17.5 Å². The molecular formula is C20H26N6O2. The SMILES string of the molecule is Cc1ncccc1C(=O)N1CCN([C@H]2CCCN(c3cnn(C)c3)C2=O)CC1. The van der Waals surface area contributed by atoms with Gasteiger partial charge in [-0.3, -0.25) is 24.2 Å². The maximum absolute atomic E-state index is 13.1. The molecule has 2 amide bonds. The number of piperidine rings is 1. The molecule has 2 fully saturated rings. The number of hydrogen-bond donors (Lipinski definition) is 0. The van der Waals surface area contributed by atoms with Crippen LogP contribution >= 0.6 is 0 Å². The third-order valence-electron chi connectivity index (χ3n) is 5.69. The van der Waals surface area contributed by atoms with E-state index in [0.29, 0.717) is 31.7 Å². The lowest BCUT2D eigenvalue weighted by molar-refractivity contribution is -0.126. The van der Waals surface area contributed by atoms with Crippen LogP contribution in [0.2, 0.25) is 0 Å². The minimum Gasteiger partial charge on any atom is -0.336 e. The van der Waals surface area contributed by atoms with Crippen LogP contribution in [0.5, 0.6) is 0 Å². The quantitative estimate of drug-likeness (QED) is 0.794. The fraction of sp³-hybridized carbons (Fsp3) is 0.500. The van der Waals surface area contributed by atoms with Crippen molar-refractivity contribution in [1.29, 1.82) is 0 Å². The molecule has 2 aromatic rings. The second kappa shape index (κ2) is 7.71. The molecule has 4 rings (SSSR count). The van der Waals surface area contributed by atoms with Crippen LogP contribution in [0.15, 0.2) is 30.7 Å². The summed E-state index contributed by atoms with van der Waals surface area (Å²) in [5, 5.41) is 4.19. The van der Waals surface area contributed by atoms with E-state index in [0.717, 1.165) is 30.8 Å². The average Bonchev–Trinajstić information content (AvgIpc) is 3.14. The molecule has 0 aliphatic carbocycles. The van der Waals surface area contributed by atoms with Crippen molar-refractivity contribution in [1.82, 2.24) is 24.6 Å². The van der Waals surface area contributed by atoms with Gasteiger partial charge >= 0.3 is 0 Å². The van der Waals surface area contributed by atoms with E-state index in [1.165, 1.54) is 0 Å². The molecule has 2 aliphatic heterocycles. The zero-order valence-electron chi connectivity index (χ0n) is 16.4. The van der Waals surface area contributed by atoms with Crippen LogP contribution in [0.3, 0.4) is 0 Å². The fourth-order valence-electron chi connectivity index (χ4n) is 4.12. The summed E-state index contributed by atoms with van der Waals surface area (Å²) in [6.45, 7) is 5.27. The molecule has 0 unspecified atom stereocenters. The first-order valence-electron chi connectivity index (χ1n) is 9.79. The minimum absolute atomic E-state index is 0.0252. The van der Waals surface area contributed by atoms with Crippen molar-refractivity contribution in [2.75, 3.05) is 37.6 Å². The second-order valence-electron chi connectivity index (χ2n) is 7.48. The summed E-state index contributed by atoms with van der Waals surface area (Å²) in [6, 6.07) is 3.50. The Morgan fingerprint density at radius 3 is 2.64 bits per heavy atom. The number of carbonyl (C=O) groups is 2. The molecule has 0 radical (unpaired) electrons. The zero-order valence-corrected chi connectivity index (χ0v) is 16.4. The minimum atomic E-state index is -0.119. The van der Waals surface area contributed by atoms with E-state index in [9.17, 15) is 9.59 Å². The maximum atomic E-state index is 13.1. The number of aromatic nitrogens is 3. The first-order chi connectivity index (χ1) is 13.5. The molecule has 0 bridgehead atoms. The first kappa shape index (κ1) is 18.6. The Hall–Kier alpha value is -2.74. The molecule has 148 valence electrons. The maximum Gasteiger partial charge on any atom is 0.255 e. The summed E-state index contributed by atoms with van der Waals surface area (Å²) >= 11 is 0. The summed E-state index contributed by atoms with van der Waals surface area (Å²) in [6.07, 6.45) is 7.16. The predicted molar refractivity (Wildman–Crippen MR) is 105 cm³/mol. The van der Waals surface area contributed by atoms with E-state index in [2.05, 4.69) is 15.0 Å². The van der Waals surface area contributed by atoms with Gasteiger partial charge in [-0.25, -0.2) is 0 Å². The Morgan fingerprint density at radius 2 is 1.96 bits per heavy atom. The summed E-state index contributed by atoms with van der Waals surface area (Å²) < 4.78 is 1.72. The van der Waals surface area contributed by atoms with Crippen LogP contribution in [0.25, 0.3) is 0 Å². The van der Waals surface area contributed by atoms with Gasteiger partial charge in [0.15, 0.2) is 0 Å². The molecule has 1 atom stereocenters. The first-order valence-corrected chi connectivity index (χ1v) is 9.79. The van der Waals surface area contributed by atoms with Crippen molar-refractivity contribution in [2.45, 2.75) is 25.8 Å². The van der Waals surface area contributed by atoms with Crippen LogP contribution in [-0.2, 0) is 11.8 Å². The summed E-state index contributed by atoms with van der Waals surface area (Å²) in [5.74, 6) is 0.166. The highest BCUT2D eigenvalue weighted by molar-refractivity contribution is 5.98. The Balaban J connectivity index is 1.40. The lowest BCUT2D eigenvalue weighted by atomic mass is 10.0. The molecule has 0 saturated carbocycles. The van der Waals surface area contributed by atoms with E-state index in [1.807, 2.05) is 36.0 Å². The molecule has 4 heterocycles. The van der Waals surface area contributed by atoms with Crippen molar-refractivity contribution in [3.63, 3.8) is 0 Å². The van der Waals surface area contributed by atoms with Gasteiger partial charge < -0.3 is 9.80 Å². The van der Waals surface area contributed by atoms with Gasteiger partial charge in [0.05, 0.1) is 23.5 Å². The number of hydrogen-bond acceptors (Lipinski definition) is 5. The van der Waals surface area contributed by atoms with Crippen molar-refractivity contribution in [3.05, 3.63) is 42.0 Å². The van der Waals surface area contributed by atoms with Gasteiger partial charge in [-0.15, -0.1) is 0 Å². The van der Waals surface area contributed by atoms with Gasteiger partial charge in [-0.1, -0.05) is 0 Å². The molecule has 8 heteroatoms. The molecular weight excluding hydrogens is 356 g/mol. The molecule has 2 aliphatic rings. The fourth-order valence-corrected chi connectivity index (χ4v) is 4.12. The van der Waals surface area contributed by atoms with E-state index >= 15 is 0 Å². The number of piperazine rings is 1. The number of anilines is 1. The molecule has 2 saturated heterocycles. The van der Waals surface area contributed by atoms with Crippen LogP contribution < -0.4 is 4.90 Å². The third-order valence-corrected chi connectivity index (χ3v) is 5.69. The number of aryl methyl sites for hydroxylation is 2. The summed E-state index contributed by atoms with van der Waals surface area (Å²) in [7, 11) is 1.86. The molecule has 28 heavy (non-hydrogen) atoms. The van der Waals surface area contributed by atoms with Gasteiger partial charge in [0.25, 0.3) is 5.91 Å². The number of amides is 2. The van der Waals surface area contributed by atoms with E-state index in [4.69, 9.17) is 0 Å². The van der Waals surface area contributed by atoms with Crippen molar-refractivity contribution < 1.29 is 9.59 Å². The zero-order chi connectivity index (χ0) is 19.7. The van der Waals surface area contributed by atoms with Gasteiger partial charge in [-0.05, 0) is 31.9 Å². The smallest absolute Gasteiger partial charge is 0.255 e. The molecule has 8 nitrogen and oxygen atoms in total. The normalized spacial score (nSPS) is 21.2. The van der Waals surface area contributed by atoms with E-state index in [1.54, 1.807) is 23.1 Å². The van der Waals surface area contributed by atoms with Crippen LogP contribution in [0, 0.1) is 6.92 Å². The number of pyridine rings is 1. The monoisotopic (exact) mass is 382 g/mol. The van der Waals surface area contributed by atoms with Gasteiger partial charge in [0.2, 0.25) is 5.91 Å². The summed E-state index contributed by atoms with van der Waals surface area (Å²) in [5.41, 5.74) is 2.27.